The minimum atomic E-state index is -0.611. The lowest BCUT2D eigenvalue weighted by molar-refractivity contribution is -0.130. The highest BCUT2D eigenvalue weighted by atomic mass is 16.5. The number of aromatic nitrogens is 1. The van der Waals surface area contributed by atoms with Crippen molar-refractivity contribution in [1.82, 2.24) is 9.88 Å². The first-order chi connectivity index (χ1) is 11.2. The molecule has 1 aliphatic rings. The fourth-order valence-electron chi connectivity index (χ4n) is 2.60. The Hall–Kier alpha value is -2.47. The maximum Gasteiger partial charge on any atom is 0.298 e. The molecule has 2 aromatic heterocycles. The fraction of sp³-hybridized carbons (Fsp3) is 0.353. The second kappa shape index (κ2) is 7.19. The Balaban J connectivity index is 1.55. The van der Waals surface area contributed by atoms with Gasteiger partial charge < -0.3 is 14.1 Å². The summed E-state index contributed by atoms with van der Waals surface area (Å²) in [4.78, 5) is 30.1. The van der Waals surface area contributed by atoms with Crippen molar-refractivity contribution in [2.75, 3.05) is 13.1 Å². The number of nitrogens with zero attached hydrogens (tertiary/aromatic N) is 2. The monoisotopic (exact) mass is 314 g/mol. The van der Waals surface area contributed by atoms with Crippen LogP contribution in [0.25, 0.3) is 0 Å². The van der Waals surface area contributed by atoms with E-state index in [1.165, 1.54) is 17.2 Å². The van der Waals surface area contributed by atoms with Crippen LogP contribution in [-0.2, 0) is 16.1 Å². The van der Waals surface area contributed by atoms with E-state index in [4.69, 9.17) is 9.15 Å². The van der Waals surface area contributed by atoms with Gasteiger partial charge in [-0.3, -0.25) is 14.6 Å². The molecule has 2 aromatic rings. The average Bonchev–Trinajstić information content (AvgIpc) is 3.14. The van der Waals surface area contributed by atoms with Gasteiger partial charge in [0.05, 0.1) is 24.7 Å². The summed E-state index contributed by atoms with van der Waals surface area (Å²) in [6.07, 6.45) is 4.70. The molecule has 0 aromatic carbocycles. The number of carbonyl (C=O) groups excluding carboxylic acids is 2. The van der Waals surface area contributed by atoms with Crippen molar-refractivity contribution in [3.05, 3.63) is 54.2 Å². The SMILES string of the molecule is O=C(C(=O)N1CCC[C@H](OCc2ccccn2)C1)c1ccco1. The smallest absolute Gasteiger partial charge is 0.298 e. The second-order valence-electron chi connectivity index (χ2n) is 5.45. The van der Waals surface area contributed by atoms with E-state index in [2.05, 4.69) is 4.98 Å². The van der Waals surface area contributed by atoms with Crippen LogP contribution in [0.1, 0.15) is 29.1 Å². The van der Waals surface area contributed by atoms with Crippen molar-refractivity contribution in [1.29, 1.82) is 0 Å². The maximum atomic E-state index is 12.3. The van der Waals surface area contributed by atoms with Crippen LogP contribution in [0.2, 0.25) is 0 Å². The van der Waals surface area contributed by atoms with Gasteiger partial charge in [-0.1, -0.05) is 6.07 Å². The van der Waals surface area contributed by atoms with E-state index in [1.54, 1.807) is 12.3 Å². The summed E-state index contributed by atoms with van der Waals surface area (Å²) in [6.45, 7) is 1.38. The van der Waals surface area contributed by atoms with Gasteiger partial charge in [0.25, 0.3) is 11.7 Å². The summed E-state index contributed by atoms with van der Waals surface area (Å²) < 4.78 is 10.8. The molecule has 23 heavy (non-hydrogen) atoms. The highest BCUT2D eigenvalue weighted by molar-refractivity contribution is 6.41. The van der Waals surface area contributed by atoms with Crippen LogP contribution >= 0.6 is 0 Å². The molecule has 1 atom stereocenters. The van der Waals surface area contributed by atoms with Crippen molar-refractivity contribution < 1.29 is 18.7 Å². The van der Waals surface area contributed by atoms with Crippen molar-refractivity contribution in [2.24, 2.45) is 0 Å². The number of hydrogen-bond acceptors (Lipinski definition) is 5. The number of piperidine rings is 1. The van der Waals surface area contributed by atoms with Crippen molar-refractivity contribution in [3.8, 4) is 0 Å². The third-order valence-corrected chi connectivity index (χ3v) is 3.80. The summed E-state index contributed by atoms with van der Waals surface area (Å²) in [5, 5.41) is 0. The minimum absolute atomic E-state index is 0.0755. The normalized spacial score (nSPS) is 17.9. The number of Topliss-reactive ketones (excluding diaryl/α,β-unsaturated/α-hetero) is 1. The predicted octanol–water partition coefficient (Wildman–Crippen LogP) is 2.07. The van der Waals surface area contributed by atoms with Gasteiger partial charge in [0, 0.05) is 19.3 Å². The van der Waals surface area contributed by atoms with E-state index in [9.17, 15) is 9.59 Å². The Bertz CT molecular complexity index is 654. The Morgan fingerprint density at radius 3 is 2.96 bits per heavy atom. The number of ketones is 1. The van der Waals surface area contributed by atoms with Crippen LogP contribution in [-0.4, -0.2) is 40.8 Å². The Morgan fingerprint density at radius 2 is 2.22 bits per heavy atom. The van der Waals surface area contributed by atoms with Gasteiger partial charge in [-0.05, 0) is 37.1 Å². The van der Waals surface area contributed by atoms with E-state index in [1.807, 2.05) is 18.2 Å². The van der Waals surface area contributed by atoms with Gasteiger partial charge in [0.15, 0.2) is 5.76 Å². The molecule has 0 bridgehead atoms. The molecular formula is C17H18N2O4. The first-order valence-corrected chi connectivity index (χ1v) is 7.62. The van der Waals surface area contributed by atoms with Crippen LogP contribution in [0.3, 0.4) is 0 Å². The Labute approximate surface area is 134 Å². The summed E-state index contributed by atoms with van der Waals surface area (Å²) in [5.74, 6) is -1.07. The molecular weight excluding hydrogens is 296 g/mol. The van der Waals surface area contributed by atoms with Crippen LogP contribution in [0.5, 0.6) is 0 Å². The van der Waals surface area contributed by atoms with Crippen LogP contribution in [0.15, 0.2) is 47.2 Å². The molecule has 1 amide bonds. The van der Waals surface area contributed by atoms with E-state index >= 15 is 0 Å². The van der Waals surface area contributed by atoms with Crippen molar-refractivity contribution in [2.45, 2.75) is 25.6 Å². The van der Waals surface area contributed by atoms with Crippen molar-refractivity contribution in [3.63, 3.8) is 0 Å². The number of carbonyl (C=O) groups is 2. The number of pyridine rings is 1. The van der Waals surface area contributed by atoms with Crippen molar-refractivity contribution >= 4 is 11.7 Å². The summed E-state index contributed by atoms with van der Waals surface area (Å²) >= 11 is 0. The van der Waals surface area contributed by atoms with E-state index < -0.39 is 11.7 Å². The lowest BCUT2D eigenvalue weighted by Crippen LogP contribution is -2.46. The summed E-state index contributed by atoms with van der Waals surface area (Å²) in [7, 11) is 0. The van der Waals surface area contributed by atoms with E-state index in [0.717, 1.165) is 18.5 Å². The van der Waals surface area contributed by atoms with Gasteiger partial charge in [-0.15, -0.1) is 0 Å². The minimum Gasteiger partial charge on any atom is -0.461 e. The first kappa shape index (κ1) is 15.4. The predicted molar refractivity (Wildman–Crippen MR) is 81.7 cm³/mol. The largest absolute Gasteiger partial charge is 0.461 e. The molecule has 0 radical (unpaired) electrons. The lowest BCUT2D eigenvalue weighted by atomic mass is 10.1. The number of rotatable bonds is 5. The second-order valence-corrected chi connectivity index (χ2v) is 5.45. The first-order valence-electron chi connectivity index (χ1n) is 7.62. The fourth-order valence-corrected chi connectivity index (χ4v) is 2.60. The third-order valence-electron chi connectivity index (χ3n) is 3.80. The molecule has 3 heterocycles. The lowest BCUT2D eigenvalue weighted by Gasteiger charge is -2.32. The Kier molecular flexibility index (Phi) is 4.83. The quantitative estimate of drug-likeness (QED) is 0.624. The highest BCUT2D eigenvalue weighted by Crippen LogP contribution is 2.16. The van der Waals surface area contributed by atoms with E-state index in [0.29, 0.717) is 19.7 Å². The molecule has 120 valence electrons. The average molecular weight is 314 g/mol. The number of amides is 1. The van der Waals surface area contributed by atoms with E-state index in [-0.39, 0.29) is 11.9 Å². The Morgan fingerprint density at radius 1 is 1.30 bits per heavy atom. The van der Waals surface area contributed by atoms with Crippen LogP contribution < -0.4 is 0 Å². The zero-order valence-corrected chi connectivity index (χ0v) is 12.7. The standard InChI is InChI=1S/C17H18N2O4/c20-16(15-7-4-10-22-15)17(21)19-9-3-6-14(11-19)23-12-13-5-1-2-8-18-13/h1-2,4-5,7-8,10,14H,3,6,9,11-12H2/t14-/m0/s1. The highest BCUT2D eigenvalue weighted by Gasteiger charge is 2.30. The molecule has 0 unspecified atom stereocenters. The molecule has 1 fully saturated rings. The molecule has 6 heteroatoms. The van der Waals surface area contributed by atoms with Gasteiger partial charge in [0.2, 0.25) is 0 Å². The summed E-state index contributed by atoms with van der Waals surface area (Å²) in [5.41, 5.74) is 0.850. The number of furan rings is 1. The molecule has 0 spiro atoms. The molecule has 1 saturated heterocycles. The molecule has 0 N–H and O–H groups in total. The molecule has 6 nitrogen and oxygen atoms in total. The molecule has 3 rings (SSSR count). The number of hydrogen-bond donors (Lipinski definition) is 0. The molecule has 0 saturated carbocycles. The molecule has 0 aliphatic carbocycles. The van der Waals surface area contributed by atoms with Crippen LogP contribution in [0.4, 0.5) is 0 Å². The van der Waals surface area contributed by atoms with Gasteiger partial charge in [-0.2, -0.15) is 0 Å². The zero-order chi connectivity index (χ0) is 16.1. The number of ether oxygens (including phenoxy) is 1. The topological polar surface area (TPSA) is 72.6 Å². The maximum absolute atomic E-state index is 12.3. The van der Waals surface area contributed by atoms with Crippen LogP contribution in [0, 0.1) is 0 Å². The summed E-state index contributed by atoms with van der Waals surface area (Å²) in [6, 6.07) is 8.75. The van der Waals surface area contributed by atoms with Gasteiger partial charge >= 0.3 is 0 Å². The van der Waals surface area contributed by atoms with Gasteiger partial charge in [-0.25, -0.2) is 0 Å². The number of likely N-dealkylation sites (tertiary alicyclic amines) is 1. The van der Waals surface area contributed by atoms with Gasteiger partial charge in [0.1, 0.15) is 0 Å². The third kappa shape index (κ3) is 3.84. The molecule has 1 aliphatic heterocycles. The zero-order valence-electron chi connectivity index (χ0n) is 12.7.